The lowest BCUT2D eigenvalue weighted by molar-refractivity contribution is 0.243. The Bertz CT molecular complexity index is 1140. The molecule has 0 saturated heterocycles. The zero-order valence-corrected chi connectivity index (χ0v) is 15.9. The van der Waals surface area contributed by atoms with Crippen molar-refractivity contribution in [3.05, 3.63) is 77.2 Å². The number of aromatic nitrogens is 3. The lowest BCUT2D eigenvalue weighted by Gasteiger charge is -2.28. The number of H-pyrrole nitrogens is 1. The van der Waals surface area contributed by atoms with E-state index < -0.39 is 0 Å². The molecule has 1 aliphatic rings. The number of rotatable bonds is 3. The number of aryl methyl sites for hydroxylation is 1. The number of para-hydroxylation sites is 1. The Kier molecular flexibility index (Phi) is 4.10. The van der Waals surface area contributed by atoms with Crippen LogP contribution >= 0.6 is 0 Å². The molecule has 1 aliphatic heterocycles. The van der Waals surface area contributed by atoms with Crippen molar-refractivity contribution in [1.82, 2.24) is 19.9 Å². The van der Waals surface area contributed by atoms with Gasteiger partial charge in [-0.1, -0.05) is 18.2 Å². The second-order valence-corrected chi connectivity index (χ2v) is 7.52. The van der Waals surface area contributed by atoms with Gasteiger partial charge in [-0.2, -0.15) is 0 Å². The van der Waals surface area contributed by atoms with Gasteiger partial charge in [-0.3, -0.25) is 4.90 Å². The number of hydrogen-bond acceptors (Lipinski definition) is 4. The van der Waals surface area contributed by atoms with Crippen molar-refractivity contribution in [1.29, 1.82) is 0 Å². The van der Waals surface area contributed by atoms with Crippen molar-refractivity contribution in [3.8, 4) is 11.4 Å². The highest BCUT2D eigenvalue weighted by molar-refractivity contribution is 5.84. The molecule has 2 aromatic heterocycles. The van der Waals surface area contributed by atoms with Gasteiger partial charge in [-0.15, -0.1) is 0 Å². The Balaban J connectivity index is 1.38. The molecule has 3 heterocycles. The summed E-state index contributed by atoms with van der Waals surface area (Å²) in [4.78, 5) is 15.4. The summed E-state index contributed by atoms with van der Waals surface area (Å²) in [5, 5.41) is 1.32. The number of nitrogens with zero attached hydrogens (tertiary/aromatic N) is 3. The Morgan fingerprint density at radius 1 is 1.11 bits per heavy atom. The molecule has 0 bridgehead atoms. The van der Waals surface area contributed by atoms with Crippen molar-refractivity contribution in [2.75, 3.05) is 12.3 Å². The van der Waals surface area contributed by atoms with Crippen LogP contribution in [0.15, 0.2) is 54.7 Å². The molecule has 28 heavy (non-hydrogen) atoms. The number of hydrogen-bond donors (Lipinski definition) is 2. The fourth-order valence-corrected chi connectivity index (χ4v) is 4.04. The molecule has 0 aliphatic carbocycles. The van der Waals surface area contributed by atoms with Gasteiger partial charge in [-0.25, -0.2) is 9.97 Å². The number of nitrogens with one attached hydrogen (secondary N) is 1. The van der Waals surface area contributed by atoms with E-state index in [0.717, 1.165) is 48.8 Å². The van der Waals surface area contributed by atoms with Crippen molar-refractivity contribution in [2.24, 2.45) is 0 Å². The molecule has 0 saturated carbocycles. The highest BCUT2D eigenvalue weighted by Crippen LogP contribution is 2.27. The second kappa shape index (κ2) is 6.77. The molecule has 140 valence electrons. The maximum atomic E-state index is 5.78. The van der Waals surface area contributed by atoms with Gasteiger partial charge >= 0.3 is 0 Å². The van der Waals surface area contributed by atoms with E-state index in [4.69, 9.17) is 10.7 Å². The summed E-state index contributed by atoms with van der Waals surface area (Å²) in [6, 6.07) is 16.3. The summed E-state index contributed by atoms with van der Waals surface area (Å²) in [6.45, 7) is 4.99. The number of anilines is 1. The molecule has 0 spiro atoms. The van der Waals surface area contributed by atoms with Crippen LogP contribution in [0, 0.1) is 6.92 Å². The first-order valence-corrected chi connectivity index (χ1v) is 9.66. The van der Waals surface area contributed by atoms with Crippen molar-refractivity contribution >= 4 is 16.6 Å². The summed E-state index contributed by atoms with van der Waals surface area (Å²) in [7, 11) is 0. The number of benzene rings is 2. The zero-order chi connectivity index (χ0) is 19.1. The Labute approximate surface area is 164 Å². The molecule has 4 aromatic rings. The second-order valence-electron chi connectivity index (χ2n) is 7.52. The normalized spacial score (nSPS) is 14.3. The van der Waals surface area contributed by atoms with Gasteiger partial charge in [0.2, 0.25) is 0 Å². The topological polar surface area (TPSA) is 70.8 Å². The number of nitrogens with two attached hydrogens (primary N) is 1. The first-order chi connectivity index (χ1) is 13.7. The highest BCUT2D eigenvalue weighted by Gasteiger charge is 2.20. The van der Waals surface area contributed by atoms with Crippen molar-refractivity contribution in [2.45, 2.75) is 26.4 Å². The molecule has 0 unspecified atom stereocenters. The smallest absolute Gasteiger partial charge is 0.159 e. The molecule has 0 radical (unpaired) electrons. The lowest BCUT2D eigenvalue weighted by atomic mass is 10.0. The van der Waals surface area contributed by atoms with Crippen LogP contribution in [-0.2, 0) is 19.5 Å². The van der Waals surface area contributed by atoms with Crippen molar-refractivity contribution in [3.63, 3.8) is 0 Å². The predicted molar refractivity (Wildman–Crippen MR) is 113 cm³/mol. The van der Waals surface area contributed by atoms with Gasteiger partial charge in [0.25, 0.3) is 0 Å². The molecule has 5 nitrogen and oxygen atoms in total. The third kappa shape index (κ3) is 3.04. The Morgan fingerprint density at radius 2 is 1.93 bits per heavy atom. The van der Waals surface area contributed by atoms with Crippen LogP contribution in [0.4, 0.5) is 5.69 Å². The Morgan fingerprint density at radius 3 is 2.79 bits per heavy atom. The SMILES string of the molecule is Cc1[nH]c2ccccc2c1CN1CCc2nc(-c3ccc(N)cc3)ncc2C1. The van der Waals surface area contributed by atoms with Crippen LogP contribution in [0.5, 0.6) is 0 Å². The summed E-state index contributed by atoms with van der Waals surface area (Å²) in [6.07, 6.45) is 2.93. The fraction of sp³-hybridized carbons (Fsp3) is 0.217. The molecule has 0 amide bonds. The van der Waals surface area contributed by atoms with Crippen LogP contribution in [0.1, 0.15) is 22.5 Å². The quantitative estimate of drug-likeness (QED) is 0.534. The van der Waals surface area contributed by atoms with Gasteiger partial charge in [0.15, 0.2) is 5.82 Å². The highest BCUT2D eigenvalue weighted by atomic mass is 15.1. The third-order valence-corrected chi connectivity index (χ3v) is 5.59. The molecular formula is C23H23N5. The molecule has 5 rings (SSSR count). The summed E-state index contributed by atoms with van der Waals surface area (Å²) < 4.78 is 0. The predicted octanol–water partition coefficient (Wildman–Crippen LogP) is 4.07. The largest absolute Gasteiger partial charge is 0.399 e. The molecule has 3 N–H and O–H groups in total. The van der Waals surface area contributed by atoms with Crippen molar-refractivity contribution < 1.29 is 0 Å². The van der Waals surface area contributed by atoms with Gasteiger partial charge in [0, 0.05) is 65.7 Å². The monoisotopic (exact) mass is 369 g/mol. The number of aromatic amines is 1. The minimum atomic E-state index is 0.755. The maximum absolute atomic E-state index is 5.78. The van der Waals surface area contributed by atoms with E-state index in [-0.39, 0.29) is 0 Å². The van der Waals surface area contributed by atoms with E-state index in [0.29, 0.717) is 0 Å². The summed E-state index contributed by atoms with van der Waals surface area (Å²) in [5.74, 6) is 0.777. The molecule has 5 heteroatoms. The van der Waals surface area contributed by atoms with E-state index in [2.05, 4.69) is 46.1 Å². The average Bonchev–Trinajstić information content (AvgIpc) is 3.03. The lowest BCUT2D eigenvalue weighted by Crippen LogP contribution is -2.31. The average molecular weight is 369 g/mol. The van der Waals surface area contributed by atoms with E-state index in [9.17, 15) is 0 Å². The molecule has 0 atom stereocenters. The minimum absolute atomic E-state index is 0.755. The van der Waals surface area contributed by atoms with Gasteiger partial charge in [-0.05, 0) is 42.8 Å². The van der Waals surface area contributed by atoms with Gasteiger partial charge in [0.05, 0.1) is 5.69 Å². The zero-order valence-electron chi connectivity index (χ0n) is 15.9. The van der Waals surface area contributed by atoms with Crippen LogP contribution in [0.25, 0.3) is 22.3 Å². The molecule has 2 aromatic carbocycles. The number of nitrogen functional groups attached to an aromatic ring is 1. The van der Waals surface area contributed by atoms with Crippen LogP contribution in [0.3, 0.4) is 0 Å². The van der Waals surface area contributed by atoms with E-state index in [1.807, 2.05) is 30.5 Å². The standard InChI is InChI=1S/C23H23N5/c1-15-20(19-4-2-3-5-22(19)26-15)14-28-11-10-21-17(13-28)12-25-23(27-21)16-6-8-18(24)9-7-16/h2-9,12,26H,10-11,13-14,24H2,1H3. The van der Waals surface area contributed by atoms with Gasteiger partial charge in [0.1, 0.15) is 0 Å². The summed E-state index contributed by atoms with van der Waals surface area (Å²) >= 11 is 0. The number of fused-ring (bicyclic) bond motifs is 2. The summed E-state index contributed by atoms with van der Waals surface area (Å²) in [5.41, 5.74) is 13.8. The van der Waals surface area contributed by atoms with E-state index in [1.165, 1.54) is 27.7 Å². The maximum Gasteiger partial charge on any atom is 0.159 e. The van der Waals surface area contributed by atoms with E-state index >= 15 is 0 Å². The Hall–Kier alpha value is -3.18. The minimum Gasteiger partial charge on any atom is -0.399 e. The molecule has 0 fully saturated rings. The first-order valence-electron chi connectivity index (χ1n) is 9.66. The molecular weight excluding hydrogens is 346 g/mol. The first kappa shape index (κ1) is 17.0. The van der Waals surface area contributed by atoms with Gasteiger partial charge < -0.3 is 10.7 Å². The van der Waals surface area contributed by atoms with E-state index in [1.54, 1.807) is 0 Å². The van der Waals surface area contributed by atoms with Crippen LogP contribution < -0.4 is 5.73 Å². The fourth-order valence-electron chi connectivity index (χ4n) is 4.04. The van der Waals surface area contributed by atoms with Crippen LogP contribution in [-0.4, -0.2) is 26.4 Å². The van der Waals surface area contributed by atoms with Crippen LogP contribution in [0.2, 0.25) is 0 Å². The third-order valence-electron chi connectivity index (χ3n) is 5.59.